The van der Waals surface area contributed by atoms with Gasteiger partial charge in [-0.2, -0.15) is 0 Å². The maximum Gasteiger partial charge on any atom is 0.207 e. The van der Waals surface area contributed by atoms with Gasteiger partial charge in [-0.15, -0.1) is 17.0 Å². The number of nitrogens with zero attached hydrogens (tertiary/aromatic N) is 2. The summed E-state index contributed by atoms with van der Waals surface area (Å²) in [5.74, 6) is 0.293. The third-order valence-electron chi connectivity index (χ3n) is 3.17. The Morgan fingerprint density at radius 3 is 2.62 bits per heavy atom. The lowest BCUT2D eigenvalue weighted by Crippen LogP contribution is -2.20. The van der Waals surface area contributed by atoms with Gasteiger partial charge < -0.3 is 5.11 Å². The van der Waals surface area contributed by atoms with E-state index in [4.69, 9.17) is 11.6 Å². The monoisotopic (exact) mass is 400 g/mol. The highest BCUT2D eigenvalue weighted by molar-refractivity contribution is 8.93. The molecule has 3 heterocycles. The molecule has 3 nitrogen and oxygen atoms in total. The lowest BCUT2D eigenvalue weighted by Gasteiger charge is -2.16. The molecule has 2 aliphatic rings. The van der Waals surface area contributed by atoms with Crippen molar-refractivity contribution in [3.8, 4) is 0 Å². The number of aliphatic hydroxyl groups excluding tert-OH is 1. The number of pyridine rings is 1. The first-order valence-electron chi connectivity index (χ1n) is 6.02. The van der Waals surface area contributed by atoms with Crippen LogP contribution in [0.15, 0.2) is 53.4 Å². The van der Waals surface area contributed by atoms with Gasteiger partial charge in [0.15, 0.2) is 0 Å². The van der Waals surface area contributed by atoms with E-state index in [-0.39, 0.29) is 21.7 Å². The molecular weight excluding hydrogens is 392 g/mol. The molecule has 0 aliphatic carbocycles. The summed E-state index contributed by atoms with van der Waals surface area (Å²) in [5.41, 5.74) is 1.95. The fourth-order valence-electron chi connectivity index (χ4n) is 2.28. The molecule has 108 valence electrons. The molecule has 2 aromatic rings. The minimum atomic E-state index is 0. The van der Waals surface area contributed by atoms with E-state index in [0.29, 0.717) is 11.0 Å². The maximum atomic E-state index is 10.5. The largest absolute Gasteiger partial charge is 0.494 e. The number of aliphatic hydroxyl groups is 1. The van der Waals surface area contributed by atoms with Crippen LogP contribution in [-0.2, 0) is 0 Å². The number of benzene rings is 1. The Kier molecular flexibility index (Phi) is 4.14. The number of thioether (sulfide) groups is 2. The van der Waals surface area contributed by atoms with Crippen molar-refractivity contribution in [2.24, 2.45) is 0 Å². The molecule has 7 heteroatoms. The summed E-state index contributed by atoms with van der Waals surface area (Å²) in [5, 5.41) is 11.9. The number of halogens is 2. The molecule has 1 unspecified atom stereocenters. The summed E-state index contributed by atoms with van der Waals surface area (Å²) in [6.07, 6.45) is 0. The fraction of sp³-hybridized carbons (Fsp3) is 0.0714. The van der Waals surface area contributed by atoms with Crippen LogP contribution < -0.4 is 4.90 Å². The van der Waals surface area contributed by atoms with Crippen LogP contribution in [0.2, 0.25) is 5.15 Å². The van der Waals surface area contributed by atoms with E-state index in [0.717, 1.165) is 21.2 Å². The summed E-state index contributed by atoms with van der Waals surface area (Å²) < 4.78 is 0.0890. The first-order chi connectivity index (χ1) is 9.74. The van der Waals surface area contributed by atoms with E-state index < -0.39 is 0 Å². The van der Waals surface area contributed by atoms with Crippen LogP contribution in [0.3, 0.4) is 0 Å². The van der Waals surface area contributed by atoms with Crippen LogP contribution in [0.5, 0.6) is 0 Å². The molecule has 0 bridgehead atoms. The molecule has 1 aromatic carbocycles. The van der Waals surface area contributed by atoms with Crippen molar-refractivity contribution >= 4 is 62.7 Å². The quantitative estimate of drug-likeness (QED) is 0.670. The molecule has 0 amide bonds. The van der Waals surface area contributed by atoms with Gasteiger partial charge in [-0.1, -0.05) is 65.5 Å². The van der Waals surface area contributed by atoms with E-state index in [1.54, 1.807) is 29.6 Å². The van der Waals surface area contributed by atoms with Crippen molar-refractivity contribution in [3.05, 3.63) is 59.1 Å². The van der Waals surface area contributed by atoms with Gasteiger partial charge in [-0.3, -0.25) is 4.90 Å². The van der Waals surface area contributed by atoms with Crippen molar-refractivity contribution in [2.75, 3.05) is 4.90 Å². The van der Waals surface area contributed by atoms with E-state index in [1.165, 1.54) is 0 Å². The van der Waals surface area contributed by atoms with Crippen LogP contribution in [0, 0.1) is 0 Å². The van der Waals surface area contributed by atoms with Gasteiger partial charge in [0.25, 0.3) is 0 Å². The molecule has 0 spiro atoms. The Hall–Kier alpha value is -0.820. The predicted molar refractivity (Wildman–Crippen MR) is 95.3 cm³/mol. The summed E-state index contributed by atoms with van der Waals surface area (Å²) in [6, 6.07) is 13.6. The van der Waals surface area contributed by atoms with Crippen LogP contribution in [0.25, 0.3) is 4.91 Å². The van der Waals surface area contributed by atoms with Gasteiger partial charge in [0.2, 0.25) is 5.88 Å². The molecule has 0 radical (unpaired) electrons. The minimum absolute atomic E-state index is 0. The topological polar surface area (TPSA) is 36.4 Å². The highest BCUT2D eigenvalue weighted by Gasteiger charge is 2.42. The third kappa shape index (κ3) is 2.44. The lowest BCUT2D eigenvalue weighted by molar-refractivity contribution is 0.401. The molecule has 21 heavy (non-hydrogen) atoms. The normalized spacial score (nSPS) is 19.3. The SMILES string of the molecule is Br.OC1=C(c2ccccc2)SC2Sc3nc(Cl)ccc3N12. The average molecular weight is 402 g/mol. The zero-order valence-corrected chi connectivity index (χ0v) is 14.7. The van der Waals surface area contributed by atoms with E-state index >= 15 is 0 Å². The second kappa shape index (κ2) is 5.76. The van der Waals surface area contributed by atoms with Crippen LogP contribution in [0.4, 0.5) is 5.69 Å². The molecule has 0 saturated heterocycles. The maximum absolute atomic E-state index is 10.5. The smallest absolute Gasteiger partial charge is 0.207 e. The molecule has 0 saturated carbocycles. The van der Waals surface area contributed by atoms with Crippen molar-refractivity contribution in [3.63, 3.8) is 0 Å². The third-order valence-corrected chi connectivity index (χ3v) is 5.97. The van der Waals surface area contributed by atoms with E-state index in [2.05, 4.69) is 4.98 Å². The second-order valence-corrected chi connectivity index (χ2v) is 7.23. The van der Waals surface area contributed by atoms with Crippen molar-refractivity contribution < 1.29 is 5.11 Å². The molecule has 4 rings (SSSR count). The summed E-state index contributed by atoms with van der Waals surface area (Å²) in [7, 11) is 0. The zero-order chi connectivity index (χ0) is 13.7. The molecule has 1 N–H and O–H groups in total. The van der Waals surface area contributed by atoms with Gasteiger partial charge >= 0.3 is 0 Å². The first-order valence-corrected chi connectivity index (χ1v) is 8.15. The Morgan fingerprint density at radius 2 is 1.86 bits per heavy atom. The first kappa shape index (κ1) is 15.1. The standard InChI is InChI=1S/C14H9ClN2OS2.BrH/c15-10-7-6-9-12(16-10)20-14-17(9)13(18)11(19-14)8-4-2-1-3-5-8;/h1-7,14,18H;1H. The van der Waals surface area contributed by atoms with Gasteiger partial charge in [-0.25, -0.2) is 4.98 Å². The van der Waals surface area contributed by atoms with Gasteiger partial charge in [-0.05, 0) is 17.7 Å². The number of hydrogen-bond donors (Lipinski definition) is 1. The number of fused-ring (bicyclic) bond motifs is 3. The Bertz CT molecular complexity index is 726. The van der Waals surface area contributed by atoms with Gasteiger partial charge in [0.05, 0.1) is 10.6 Å². The van der Waals surface area contributed by atoms with Gasteiger partial charge in [0, 0.05) is 0 Å². The highest BCUT2D eigenvalue weighted by atomic mass is 79.9. The molecular formula is C14H10BrClN2OS2. The number of anilines is 1. The summed E-state index contributed by atoms with van der Waals surface area (Å²) in [4.78, 5) is 7.13. The van der Waals surface area contributed by atoms with Crippen molar-refractivity contribution in [1.29, 1.82) is 0 Å². The Morgan fingerprint density at radius 1 is 1.10 bits per heavy atom. The lowest BCUT2D eigenvalue weighted by atomic mass is 10.2. The van der Waals surface area contributed by atoms with Crippen LogP contribution in [0.1, 0.15) is 5.56 Å². The number of aromatic nitrogens is 1. The van der Waals surface area contributed by atoms with E-state index in [9.17, 15) is 5.11 Å². The number of rotatable bonds is 1. The van der Waals surface area contributed by atoms with Crippen LogP contribution in [-0.4, -0.2) is 14.8 Å². The molecule has 0 fully saturated rings. The summed E-state index contributed by atoms with van der Waals surface area (Å²) >= 11 is 9.17. The average Bonchev–Trinajstić information content (AvgIpc) is 2.96. The zero-order valence-electron chi connectivity index (χ0n) is 10.6. The summed E-state index contributed by atoms with van der Waals surface area (Å²) in [6.45, 7) is 0. The minimum Gasteiger partial charge on any atom is -0.494 e. The Balaban J connectivity index is 0.00000132. The Labute approximate surface area is 146 Å². The van der Waals surface area contributed by atoms with Crippen LogP contribution >= 0.6 is 52.1 Å². The van der Waals surface area contributed by atoms with Gasteiger partial charge in [0.1, 0.15) is 14.9 Å². The second-order valence-electron chi connectivity index (χ2n) is 4.39. The van der Waals surface area contributed by atoms with E-state index in [1.807, 2.05) is 41.3 Å². The molecule has 2 aliphatic heterocycles. The molecule has 1 aromatic heterocycles. The van der Waals surface area contributed by atoms with Crippen molar-refractivity contribution in [2.45, 2.75) is 9.73 Å². The molecule has 1 atom stereocenters. The fourth-order valence-corrected chi connectivity index (χ4v) is 5.18. The number of hydrogen-bond acceptors (Lipinski definition) is 5. The van der Waals surface area contributed by atoms with Crippen molar-refractivity contribution in [1.82, 2.24) is 4.98 Å². The predicted octanol–water partition coefficient (Wildman–Crippen LogP) is 5.14. The highest BCUT2D eigenvalue weighted by Crippen LogP contribution is 2.57.